The van der Waals surface area contributed by atoms with Crippen LogP contribution in [0.25, 0.3) is 0 Å². The Balaban J connectivity index is 2.15. The fourth-order valence-corrected chi connectivity index (χ4v) is 2.71. The molecule has 1 rings (SSSR count). The molecule has 1 fully saturated rings. The normalized spacial score (nSPS) is 22.2. The summed E-state index contributed by atoms with van der Waals surface area (Å²) in [7, 11) is 0. The number of rotatable bonds is 6. The van der Waals surface area contributed by atoms with E-state index in [1.54, 1.807) is 0 Å². The van der Waals surface area contributed by atoms with Crippen molar-refractivity contribution in [1.82, 2.24) is 5.32 Å². The van der Waals surface area contributed by atoms with E-state index in [1.165, 1.54) is 38.5 Å². The monoisotopic (exact) mass is 211 g/mol. The van der Waals surface area contributed by atoms with E-state index < -0.39 is 0 Å². The second-order valence-electron chi connectivity index (χ2n) is 5.87. The highest BCUT2D eigenvalue weighted by atomic mass is 14.9. The molecule has 0 heterocycles. The zero-order valence-corrected chi connectivity index (χ0v) is 11.1. The molecule has 1 nitrogen and oxygen atoms in total. The molecule has 1 unspecified atom stereocenters. The van der Waals surface area contributed by atoms with Gasteiger partial charge in [0.15, 0.2) is 0 Å². The highest BCUT2D eigenvalue weighted by Gasteiger charge is 2.22. The highest BCUT2D eigenvalue weighted by Crippen LogP contribution is 2.27. The van der Waals surface area contributed by atoms with E-state index in [1.807, 2.05) is 0 Å². The SMILES string of the molecule is CC(C)CCC(C)N[C@H](C)C1CCCC1. The van der Waals surface area contributed by atoms with Crippen molar-refractivity contribution in [2.75, 3.05) is 0 Å². The molecule has 0 aromatic heterocycles. The smallest absolute Gasteiger partial charge is 0.00694 e. The van der Waals surface area contributed by atoms with Gasteiger partial charge in [0, 0.05) is 12.1 Å². The molecular formula is C14H29N. The topological polar surface area (TPSA) is 12.0 Å². The van der Waals surface area contributed by atoms with Crippen LogP contribution in [-0.4, -0.2) is 12.1 Å². The largest absolute Gasteiger partial charge is 0.312 e. The van der Waals surface area contributed by atoms with Crippen LogP contribution in [0.4, 0.5) is 0 Å². The van der Waals surface area contributed by atoms with E-state index in [4.69, 9.17) is 0 Å². The van der Waals surface area contributed by atoms with Gasteiger partial charge in [0.25, 0.3) is 0 Å². The van der Waals surface area contributed by atoms with Crippen LogP contribution >= 0.6 is 0 Å². The zero-order valence-electron chi connectivity index (χ0n) is 11.1. The third-order valence-electron chi connectivity index (χ3n) is 3.83. The van der Waals surface area contributed by atoms with Crippen molar-refractivity contribution in [1.29, 1.82) is 0 Å². The van der Waals surface area contributed by atoms with E-state index in [0.29, 0.717) is 6.04 Å². The van der Waals surface area contributed by atoms with Crippen LogP contribution < -0.4 is 5.32 Å². The van der Waals surface area contributed by atoms with Crippen molar-refractivity contribution in [3.05, 3.63) is 0 Å². The maximum atomic E-state index is 3.78. The Morgan fingerprint density at radius 2 is 1.60 bits per heavy atom. The third-order valence-corrected chi connectivity index (χ3v) is 3.83. The Kier molecular flexibility index (Phi) is 5.66. The van der Waals surface area contributed by atoms with Gasteiger partial charge in [-0.3, -0.25) is 0 Å². The Morgan fingerprint density at radius 3 is 2.13 bits per heavy atom. The van der Waals surface area contributed by atoms with Gasteiger partial charge >= 0.3 is 0 Å². The molecule has 0 aliphatic heterocycles. The first-order valence-corrected chi connectivity index (χ1v) is 6.85. The van der Waals surface area contributed by atoms with Crippen LogP contribution in [0.1, 0.15) is 66.2 Å². The summed E-state index contributed by atoms with van der Waals surface area (Å²) in [5, 5.41) is 3.78. The van der Waals surface area contributed by atoms with Crippen molar-refractivity contribution in [2.45, 2.75) is 78.3 Å². The van der Waals surface area contributed by atoms with Crippen molar-refractivity contribution in [2.24, 2.45) is 11.8 Å². The summed E-state index contributed by atoms with van der Waals surface area (Å²) in [5.41, 5.74) is 0. The molecule has 1 aliphatic carbocycles. The number of nitrogens with one attached hydrogen (secondary N) is 1. The standard InChI is InChI=1S/C14H29N/c1-11(2)9-10-12(3)15-13(4)14-7-5-6-8-14/h11-15H,5-10H2,1-4H3/t12?,13-/m1/s1. The van der Waals surface area contributed by atoms with E-state index in [2.05, 4.69) is 33.0 Å². The van der Waals surface area contributed by atoms with Gasteiger partial charge < -0.3 is 5.32 Å². The minimum atomic E-state index is 0.697. The molecular weight excluding hydrogens is 182 g/mol. The summed E-state index contributed by atoms with van der Waals surface area (Å²) in [6.45, 7) is 9.34. The predicted molar refractivity (Wildman–Crippen MR) is 68.1 cm³/mol. The Morgan fingerprint density at radius 1 is 1.00 bits per heavy atom. The van der Waals surface area contributed by atoms with Crippen molar-refractivity contribution >= 4 is 0 Å². The summed E-state index contributed by atoms with van der Waals surface area (Å²) in [4.78, 5) is 0. The molecule has 1 N–H and O–H groups in total. The maximum absolute atomic E-state index is 3.78. The van der Waals surface area contributed by atoms with Crippen LogP contribution in [0.3, 0.4) is 0 Å². The van der Waals surface area contributed by atoms with Gasteiger partial charge in [-0.25, -0.2) is 0 Å². The minimum Gasteiger partial charge on any atom is -0.312 e. The molecule has 0 aromatic carbocycles. The molecule has 15 heavy (non-hydrogen) atoms. The molecule has 0 aromatic rings. The first kappa shape index (κ1) is 13.0. The fourth-order valence-electron chi connectivity index (χ4n) is 2.71. The van der Waals surface area contributed by atoms with Gasteiger partial charge in [-0.15, -0.1) is 0 Å². The molecule has 0 saturated heterocycles. The Labute approximate surface area is 96.0 Å². The lowest BCUT2D eigenvalue weighted by Crippen LogP contribution is -2.38. The van der Waals surface area contributed by atoms with E-state index in [9.17, 15) is 0 Å². The van der Waals surface area contributed by atoms with Gasteiger partial charge in [0.1, 0.15) is 0 Å². The average Bonchev–Trinajstić information content (AvgIpc) is 2.67. The van der Waals surface area contributed by atoms with Crippen LogP contribution in [0, 0.1) is 11.8 Å². The van der Waals surface area contributed by atoms with Crippen molar-refractivity contribution in [3.8, 4) is 0 Å². The molecule has 90 valence electrons. The molecule has 1 saturated carbocycles. The van der Waals surface area contributed by atoms with Gasteiger partial charge in [-0.05, 0) is 51.4 Å². The minimum absolute atomic E-state index is 0.697. The second kappa shape index (κ2) is 6.52. The summed E-state index contributed by atoms with van der Waals surface area (Å²) in [5.74, 6) is 1.79. The third kappa shape index (κ3) is 5.01. The molecule has 0 spiro atoms. The van der Waals surface area contributed by atoms with Crippen LogP contribution in [-0.2, 0) is 0 Å². The molecule has 0 radical (unpaired) electrons. The molecule has 2 atom stereocenters. The summed E-state index contributed by atoms with van der Waals surface area (Å²) in [6, 6.07) is 1.43. The second-order valence-corrected chi connectivity index (χ2v) is 5.87. The molecule has 1 aliphatic rings. The number of hydrogen-bond acceptors (Lipinski definition) is 1. The van der Waals surface area contributed by atoms with Crippen LogP contribution in [0.15, 0.2) is 0 Å². The van der Waals surface area contributed by atoms with Crippen molar-refractivity contribution < 1.29 is 0 Å². The molecule has 0 amide bonds. The lowest BCUT2D eigenvalue weighted by Gasteiger charge is -2.25. The van der Waals surface area contributed by atoms with E-state index >= 15 is 0 Å². The van der Waals surface area contributed by atoms with E-state index in [-0.39, 0.29) is 0 Å². The van der Waals surface area contributed by atoms with Crippen LogP contribution in [0.2, 0.25) is 0 Å². The first-order chi connectivity index (χ1) is 7.09. The van der Waals surface area contributed by atoms with Crippen LogP contribution in [0.5, 0.6) is 0 Å². The Bertz CT molecular complexity index is 159. The van der Waals surface area contributed by atoms with Gasteiger partial charge in [-0.1, -0.05) is 26.7 Å². The highest BCUT2D eigenvalue weighted by molar-refractivity contribution is 4.79. The molecule has 0 bridgehead atoms. The summed E-state index contributed by atoms with van der Waals surface area (Å²) < 4.78 is 0. The zero-order chi connectivity index (χ0) is 11.3. The quantitative estimate of drug-likeness (QED) is 0.701. The van der Waals surface area contributed by atoms with Crippen molar-refractivity contribution in [3.63, 3.8) is 0 Å². The fraction of sp³-hybridized carbons (Fsp3) is 1.00. The van der Waals surface area contributed by atoms with E-state index in [0.717, 1.165) is 17.9 Å². The Hall–Kier alpha value is -0.0400. The first-order valence-electron chi connectivity index (χ1n) is 6.85. The number of hydrogen-bond donors (Lipinski definition) is 1. The van der Waals surface area contributed by atoms with Gasteiger partial charge in [-0.2, -0.15) is 0 Å². The van der Waals surface area contributed by atoms with Gasteiger partial charge in [0.05, 0.1) is 0 Å². The maximum Gasteiger partial charge on any atom is 0.00694 e. The lowest BCUT2D eigenvalue weighted by atomic mass is 9.97. The summed E-state index contributed by atoms with van der Waals surface area (Å²) >= 11 is 0. The molecule has 1 heteroatoms. The predicted octanol–water partition coefficient (Wildman–Crippen LogP) is 3.98. The lowest BCUT2D eigenvalue weighted by molar-refractivity contribution is 0.331. The van der Waals surface area contributed by atoms with Gasteiger partial charge in [0.2, 0.25) is 0 Å². The average molecular weight is 211 g/mol. The summed E-state index contributed by atoms with van der Waals surface area (Å²) in [6.07, 6.45) is 8.49.